The van der Waals surface area contributed by atoms with E-state index in [4.69, 9.17) is 4.74 Å². The Balaban J connectivity index is 3.18. The van der Waals surface area contributed by atoms with Gasteiger partial charge in [0.15, 0.2) is 0 Å². The van der Waals surface area contributed by atoms with Gasteiger partial charge in [0, 0.05) is 0 Å². The highest BCUT2D eigenvalue weighted by Crippen LogP contribution is 2.35. The van der Waals surface area contributed by atoms with Gasteiger partial charge in [-0.3, -0.25) is 0 Å². The van der Waals surface area contributed by atoms with Crippen LogP contribution in [-0.2, 0) is 10.8 Å². The summed E-state index contributed by atoms with van der Waals surface area (Å²) >= 11 is 0. The van der Waals surface area contributed by atoms with Crippen molar-refractivity contribution < 1.29 is 9.84 Å². The summed E-state index contributed by atoms with van der Waals surface area (Å²) in [5, 5.41) is 9.37. The molecule has 0 aliphatic carbocycles. The van der Waals surface area contributed by atoms with Gasteiger partial charge in [0.25, 0.3) is 0 Å². The zero-order chi connectivity index (χ0) is 14.8. The topological polar surface area (TPSA) is 29.5 Å². The van der Waals surface area contributed by atoms with E-state index in [2.05, 4.69) is 53.7 Å². The summed E-state index contributed by atoms with van der Waals surface area (Å²) in [7, 11) is 0. The van der Waals surface area contributed by atoms with Crippen LogP contribution in [0.5, 0.6) is 5.75 Å². The number of aliphatic hydroxyl groups excluding tert-OH is 1. The number of hydrogen-bond acceptors (Lipinski definition) is 2. The average Bonchev–Trinajstić information content (AvgIpc) is 2.23. The van der Waals surface area contributed by atoms with Gasteiger partial charge in [-0.15, -0.1) is 0 Å². The molecule has 1 atom stereocenters. The molecule has 0 radical (unpaired) electrons. The second-order valence-corrected chi connectivity index (χ2v) is 7.37. The molecule has 0 aromatic heterocycles. The van der Waals surface area contributed by atoms with Gasteiger partial charge in [-0.05, 0) is 34.9 Å². The predicted molar refractivity (Wildman–Crippen MR) is 81.0 cm³/mol. The fourth-order valence-corrected chi connectivity index (χ4v) is 1.92. The van der Waals surface area contributed by atoms with Crippen LogP contribution < -0.4 is 4.74 Å². The Labute approximate surface area is 117 Å². The highest BCUT2D eigenvalue weighted by atomic mass is 16.5. The van der Waals surface area contributed by atoms with Crippen LogP contribution in [0.4, 0.5) is 0 Å². The standard InChI is InChI=1S/C17H28O2/c1-12(18)11-19-15-9-8-13(16(2,3)4)10-14(15)17(5,6)7/h8-10,12,18H,11H2,1-7H3/t12-/m0/s1. The second-order valence-electron chi connectivity index (χ2n) is 7.37. The molecule has 19 heavy (non-hydrogen) atoms. The van der Waals surface area contributed by atoms with E-state index in [1.165, 1.54) is 11.1 Å². The molecule has 0 amide bonds. The Hall–Kier alpha value is -1.02. The minimum Gasteiger partial charge on any atom is -0.491 e. The maximum absolute atomic E-state index is 9.37. The average molecular weight is 264 g/mol. The van der Waals surface area contributed by atoms with Crippen LogP contribution in [0.25, 0.3) is 0 Å². The van der Waals surface area contributed by atoms with Crippen molar-refractivity contribution in [2.75, 3.05) is 6.61 Å². The first-order valence-corrected chi connectivity index (χ1v) is 6.97. The molecule has 0 aliphatic rings. The third-order valence-electron chi connectivity index (χ3n) is 3.13. The van der Waals surface area contributed by atoms with Crippen molar-refractivity contribution in [1.29, 1.82) is 0 Å². The van der Waals surface area contributed by atoms with Crippen LogP contribution in [0.1, 0.15) is 59.6 Å². The lowest BCUT2D eigenvalue weighted by Gasteiger charge is -2.27. The summed E-state index contributed by atoms with van der Waals surface area (Å²) in [6.07, 6.45) is -0.449. The van der Waals surface area contributed by atoms with Crippen LogP contribution in [0.15, 0.2) is 18.2 Å². The molecule has 0 saturated heterocycles. The highest BCUT2D eigenvalue weighted by molar-refractivity contribution is 5.43. The van der Waals surface area contributed by atoms with Crippen LogP contribution in [0, 0.1) is 0 Å². The van der Waals surface area contributed by atoms with Crippen molar-refractivity contribution in [2.24, 2.45) is 0 Å². The van der Waals surface area contributed by atoms with Crippen molar-refractivity contribution in [1.82, 2.24) is 0 Å². The van der Waals surface area contributed by atoms with E-state index in [1.807, 2.05) is 6.07 Å². The number of benzene rings is 1. The summed E-state index contributed by atoms with van der Waals surface area (Å²) in [6, 6.07) is 6.38. The Morgan fingerprint density at radius 2 is 1.63 bits per heavy atom. The monoisotopic (exact) mass is 264 g/mol. The third kappa shape index (κ3) is 4.54. The molecule has 2 heteroatoms. The largest absolute Gasteiger partial charge is 0.491 e. The molecule has 0 bridgehead atoms. The van der Waals surface area contributed by atoms with Crippen molar-refractivity contribution in [3.8, 4) is 5.75 Å². The van der Waals surface area contributed by atoms with E-state index in [1.54, 1.807) is 6.92 Å². The zero-order valence-electron chi connectivity index (χ0n) is 13.4. The lowest BCUT2D eigenvalue weighted by Crippen LogP contribution is -2.20. The Morgan fingerprint density at radius 1 is 1.05 bits per heavy atom. The van der Waals surface area contributed by atoms with Crippen LogP contribution in [0.3, 0.4) is 0 Å². The minimum atomic E-state index is -0.449. The summed E-state index contributed by atoms with van der Waals surface area (Å²) in [5.41, 5.74) is 2.65. The van der Waals surface area contributed by atoms with Crippen molar-refractivity contribution in [2.45, 2.75) is 65.4 Å². The molecule has 0 unspecified atom stereocenters. The van der Waals surface area contributed by atoms with E-state index >= 15 is 0 Å². The first kappa shape index (κ1) is 16.0. The van der Waals surface area contributed by atoms with E-state index < -0.39 is 6.10 Å². The normalized spacial score (nSPS) is 14.3. The van der Waals surface area contributed by atoms with Gasteiger partial charge < -0.3 is 9.84 Å². The fourth-order valence-electron chi connectivity index (χ4n) is 1.92. The fraction of sp³-hybridized carbons (Fsp3) is 0.647. The molecule has 2 nitrogen and oxygen atoms in total. The third-order valence-corrected chi connectivity index (χ3v) is 3.13. The molecular formula is C17H28O2. The Bertz CT molecular complexity index is 420. The predicted octanol–water partition coefficient (Wildman–Crippen LogP) is 4.04. The number of aliphatic hydroxyl groups is 1. The van der Waals surface area contributed by atoms with Gasteiger partial charge in [-0.25, -0.2) is 0 Å². The van der Waals surface area contributed by atoms with Crippen LogP contribution >= 0.6 is 0 Å². The van der Waals surface area contributed by atoms with Crippen LogP contribution in [0.2, 0.25) is 0 Å². The van der Waals surface area contributed by atoms with Crippen molar-refractivity contribution in [3.63, 3.8) is 0 Å². The summed E-state index contributed by atoms with van der Waals surface area (Å²) in [5.74, 6) is 0.876. The molecule has 1 aromatic rings. The van der Waals surface area contributed by atoms with Gasteiger partial charge in [-0.2, -0.15) is 0 Å². The van der Waals surface area contributed by atoms with Gasteiger partial charge in [0.05, 0.1) is 6.10 Å². The zero-order valence-corrected chi connectivity index (χ0v) is 13.4. The van der Waals surface area contributed by atoms with Crippen LogP contribution in [-0.4, -0.2) is 17.8 Å². The maximum Gasteiger partial charge on any atom is 0.123 e. The SMILES string of the molecule is C[C@H](O)COc1ccc(C(C)(C)C)cc1C(C)(C)C. The molecule has 1 rings (SSSR count). The Morgan fingerprint density at radius 3 is 2.05 bits per heavy atom. The minimum absolute atomic E-state index is 0.0231. The number of hydrogen-bond donors (Lipinski definition) is 1. The first-order chi connectivity index (χ1) is 8.51. The smallest absolute Gasteiger partial charge is 0.123 e. The first-order valence-electron chi connectivity index (χ1n) is 6.97. The molecule has 1 N–H and O–H groups in total. The van der Waals surface area contributed by atoms with Crippen molar-refractivity contribution >= 4 is 0 Å². The molecule has 0 heterocycles. The Kier molecular flexibility index (Phi) is 4.67. The highest BCUT2D eigenvalue weighted by Gasteiger charge is 2.23. The summed E-state index contributed by atoms with van der Waals surface area (Å²) in [6.45, 7) is 15.3. The van der Waals surface area contributed by atoms with E-state index in [-0.39, 0.29) is 10.8 Å². The van der Waals surface area contributed by atoms with Crippen molar-refractivity contribution in [3.05, 3.63) is 29.3 Å². The quantitative estimate of drug-likeness (QED) is 0.892. The van der Waals surface area contributed by atoms with Gasteiger partial charge in [-0.1, -0.05) is 53.7 Å². The lowest BCUT2D eigenvalue weighted by atomic mass is 9.80. The molecule has 1 aromatic carbocycles. The summed E-state index contributed by atoms with van der Waals surface area (Å²) < 4.78 is 5.74. The molecule has 0 aliphatic heterocycles. The maximum atomic E-state index is 9.37. The summed E-state index contributed by atoms with van der Waals surface area (Å²) in [4.78, 5) is 0. The number of ether oxygens (including phenoxy) is 1. The molecule has 0 saturated carbocycles. The van der Waals surface area contributed by atoms with Gasteiger partial charge in [0.1, 0.15) is 12.4 Å². The van der Waals surface area contributed by atoms with Gasteiger partial charge >= 0.3 is 0 Å². The molecular weight excluding hydrogens is 236 g/mol. The number of rotatable bonds is 3. The molecule has 108 valence electrons. The molecule has 0 spiro atoms. The van der Waals surface area contributed by atoms with E-state index in [0.29, 0.717) is 6.61 Å². The lowest BCUT2D eigenvalue weighted by molar-refractivity contribution is 0.121. The van der Waals surface area contributed by atoms with E-state index in [9.17, 15) is 5.11 Å². The van der Waals surface area contributed by atoms with Gasteiger partial charge in [0.2, 0.25) is 0 Å². The molecule has 0 fully saturated rings. The second kappa shape index (κ2) is 5.54. The van der Waals surface area contributed by atoms with E-state index in [0.717, 1.165) is 5.75 Å².